The second-order valence-electron chi connectivity index (χ2n) is 37.4. The van der Waals surface area contributed by atoms with Crippen LogP contribution in [0.1, 0.15) is 240 Å². The number of rotatable bonds is 54. The van der Waals surface area contributed by atoms with Crippen molar-refractivity contribution in [3.05, 3.63) is 96.1 Å². The van der Waals surface area contributed by atoms with Gasteiger partial charge in [-0.1, -0.05) is 191 Å². The van der Waals surface area contributed by atoms with Crippen molar-refractivity contribution in [3.63, 3.8) is 0 Å². The van der Waals surface area contributed by atoms with Gasteiger partial charge >= 0.3 is 0 Å². The fraction of sp³-hybridized carbons (Fsp3) is 0.710. The lowest BCUT2D eigenvalue weighted by Gasteiger charge is -2.41. The average Bonchev–Trinajstić information content (AvgIpc) is 1.80. The molecular weight excluding hydrogens is 1580 g/mol. The predicted octanol–water partition coefficient (Wildman–Crippen LogP) is 14.9. The van der Waals surface area contributed by atoms with Crippen LogP contribution in [0.5, 0.6) is 0 Å². The number of hydrogen-bond acceptors (Lipinski definition) is 19. The van der Waals surface area contributed by atoms with E-state index in [2.05, 4.69) is 75.8 Å². The van der Waals surface area contributed by atoms with E-state index in [0.717, 1.165) is 36.8 Å². The summed E-state index contributed by atoms with van der Waals surface area (Å²) in [6.07, 6.45) is 3.00. The molecule has 0 aromatic heterocycles. The van der Waals surface area contributed by atoms with Crippen molar-refractivity contribution in [1.29, 1.82) is 0 Å². The van der Waals surface area contributed by atoms with Crippen LogP contribution in [-0.4, -0.2) is 243 Å². The number of benzene rings is 3. The molecule has 1 unspecified atom stereocenters. The third kappa shape index (κ3) is 32.4. The lowest BCUT2D eigenvalue weighted by Crippen LogP contribution is -2.54. The van der Waals surface area contributed by atoms with Gasteiger partial charge in [-0.3, -0.25) is 62.5 Å². The highest BCUT2D eigenvalue weighted by Crippen LogP contribution is 2.36. The number of hydrogen-bond donors (Lipinski definition) is 3. The fourth-order valence-electron chi connectivity index (χ4n) is 18.6. The number of nitrogen functional groups attached to an aromatic ring is 1. The number of likely N-dealkylation sites (tertiary alicyclic amines) is 2. The molecule has 2 saturated heterocycles. The molecule has 0 aliphatic carbocycles. The van der Waals surface area contributed by atoms with E-state index in [1.807, 2.05) is 149 Å². The molecule has 3 aromatic carbocycles. The highest BCUT2D eigenvalue weighted by Gasteiger charge is 2.47. The highest BCUT2D eigenvalue weighted by atomic mass is 16.5. The molecule has 19 atom stereocenters. The van der Waals surface area contributed by atoms with Gasteiger partial charge in [-0.05, 0) is 151 Å². The van der Waals surface area contributed by atoms with Crippen LogP contribution in [0, 0.1) is 71.0 Å². The lowest BCUT2D eigenvalue weighted by molar-refractivity contribution is -0.149. The molecule has 3 aromatic rings. The van der Waals surface area contributed by atoms with Crippen LogP contribution in [0.4, 0.5) is 11.4 Å². The van der Waals surface area contributed by atoms with Gasteiger partial charge in [-0.2, -0.15) is 0 Å². The molecule has 6 amide bonds. The van der Waals surface area contributed by atoms with Crippen molar-refractivity contribution in [2.75, 3.05) is 80.8 Å². The van der Waals surface area contributed by atoms with Crippen LogP contribution in [-0.2, 0) is 89.3 Å². The summed E-state index contributed by atoms with van der Waals surface area (Å²) in [5.41, 5.74) is 8.87. The molecule has 4 N–H and O–H groups in total. The first-order valence-corrected chi connectivity index (χ1v) is 46.0. The zero-order valence-corrected chi connectivity index (χ0v) is 80.6. The Morgan fingerprint density at radius 1 is 0.480 bits per heavy atom. The maximum Gasteiger partial charge on any atom is 0.295 e. The number of methoxy groups -OCH3 is 4. The van der Waals surface area contributed by atoms with Gasteiger partial charge in [0.2, 0.25) is 35.4 Å². The van der Waals surface area contributed by atoms with Crippen molar-refractivity contribution in [3.8, 4) is 0 Å². The number of ether oxygens (including phenoxy) is 5. The average molecular weight is 1750 g/mol. The van der Waals surface area contributed by atoms with E-state index < -0.39 is 84.3 Å². The fourth-order valence-corrected chi connectivity index (χ4v) is 18.6. The van der Waals surface area contributed by atoms with Gasteiger partial charge < -0.3 is 59.7 Å². The van der Waals surface area contributed by atoms with Crippen molar-refractivity contribution in [2.45, 2.75) is 321 Å². The molecule has 2 fully saturated rings. The third-order valence-corrected chi connectivity index (χ3v) is 26.8. The van der Waals surface area contributed by atoms with Crippen molar-refractivity contribution >= 4 is 76.4 Å². The molecule has 25 nitrogen and oxygen atoms in total. The minimum absolute atomic E-state index is 0. The summed E-state index contributed by atoms with van der Waals surface area (Å²) in [4.78, 5) is 164. The van der Waals surface area contributed by atoms with Gasteiger partial charge in [-0.25, -0.2) is 0 Å². The first kappa shape index (κ1) is 111. The number of ketones is 4. The zero-order valence-electron chi connectivity index (χ0n) is 80.6. The zero-order chi connectivity index (χ0) is 93.3. The largest absolute Gasteiger partial charge is 0.444 e. The first-order valence-electron chi connectivity index (χ1n) is 46.0. The summed E-state index contributed by atoms with van der Waals surface area (Å²) in [7, 11) is 13.8. The Morgan fingerprint density at radius 2 is 0.848 bits per heavy atom. The molecular formula is C100H165N9O16. The molecule has 2 aliphatic rings. The van der Waals surface area contributed by atoms with Crippen LogP contribution in [0.3, 0.4) is 0 Å². The lowest BCUT2D eigenvalue weighted by atomic mass is 9.83. The Kier molecular flexibility index (Phi) is 49.1. The van der Waals surface area contributed by atoms with Crippen LogP contribution >= 0.6 is 0 Å². The number of nitrogens with zero attached hydrogens (tertiary/aromatic N) is 6. The summed E-state index contributed by atoms with van der Waals surface area (Å²) >= 11 is 0. The summed E-state index contributed by atoms with van der Waals surface area (Å²) in [5, 5.41) is 5.78. The number of amides is 6. The number of carbonyl (C=O) groups excluding carboxylic acids is 11. The standard InChI is InChI=1S/C50H79N5O7.C49H82N4O9.CH4/c1-14-34(8)47(54(11)50(60)40(31(2)3)29-43(57)46(32(4)5)53(10)33(6)7)44(61-12)30-45(58)55-26-18-21-41(55)48(62-13)35(9)42(56)28-37(27-36-19-16-15-17-20-36)49(59)52-39-24-22-38(51)23-25-39;1-15-21-43(62-30-54)50-48(58)37(26-36-22-18-17-19-23-36)27-40(55)35(10)47(61-14)39-24-20-25-53(39)44(57)29-42(60-13)46(34(9)16-2)52(12)49(59)38(31(3)4)28-41(56)45(32(5)6)51(11)33(7)8;/h15-17,19-20,22-25,31-35,37,40-41,44,46-48H,14,18,21,26-30,51H2,1-13H3,(H,52,59);17-19,22-23,30-35,37-39,42-43,45-47H,15-16,20-21,24-29H2,1-14H3,(H,50,58);1H4/t34-,35-,37+,40-,41-,44+,46-,47-,48+;34-,35-,37+,38-,39-,42+,43?,45-,46-,47+;/m00./s1. The van der Waals surface area contributed by atoms with Gasteiger partial charge in [-0.15, -0.1) is 0 Å². The Balaban J connectivity index is 0.000000640. The Hall–Kier alpha value is -7.81. The maximum absolute atomic E-state index is 14.5. The van der Waals surface area contributed by atoms with Gasteiger partial charge in [0.25, 0.3) is 6.47 Å². The van der Waals surface area contributed by atoms with E-state index in [4.69, 9.17) is 29.4 Å². The molecule has 0 spiro atoms. The smallest absolute Gasteiger partial charge is 0.295 e. The van der Waals surface area contributed by atoms with Gasteiger partial charge in [0.15, 0.2) is 17.8 Å². The molecule has 0 radical (unpaired) electrons. The molecule has 0 bridgehead atoms. The van der Waals surface area contributed by atoms with Crippen molar-refractivity contribution in [1.82, 2.24) is 34.7 Å². The monoisotopic (exact) mass is 1750 g/mol. The SMILES string of the molecule is C.CCCC(NC(=O)[C@@H](CC(=O)[C@H](C)[C@@H](OC)[C@@H]1CCCN1C(=O)C[C@@H](OC)[C@H]([C@@H](C)CC)N(C)C(=O)[C@@H](CC(=O)[C@H](C(C)C)N(C)C(C)C)C(C)C)Cc1ccccc1)OC=O.CC[C@H](C)[C@@H]([C@@H](CC(=O)N1CCC[C@H]1[C@H](OC)[C@@H](C)C(=O)C[C@@H](Cc1ccccc1)C(=O)Nc1ccc(N)cc1)OC)N(C)C(=O)[C@@H](CC(=O)[C@H](C(C)C)N(C)C(C)C)C(C)C. The number of carbonyl (C=O) groups is 11. The Labute approximate surface area is 752 Å². The molecule has 5 rings (SSSR count). The predicted molar refractivity (Wildman–Crippen MR) is 498 cm³/mol. The van der Waals surface area contributed by atoms with Crippen LogP contribution in [0.2, 0.25) is 0 Å². The summed E-state index contributed by atoms with van der Waals surface area (Å²) in [6, 6.07) is 24.1. The van der Waals surface area contributed by atoms with Crippen molar-refractivity contribution in [2.24, 2.45) is 71.0 Å². The number of nitrogens with one attached hydrogen (secondary N) is 2. The molecule has 2 heterocycles. The Bertz CT molecular complexity index is 3770. The van der Waals surface area contributed by atoms with Gasteiger partial charge in [0, 0.05) is 147 Å². The number of Topliss-reactive ketones (excluding diaryl/α,β-unsaturated/α-hetero) is 4. The quantitative estimate of drug-likeness (QED) is 0.0269. The summed E-state index contributed by atoms with van der Waals surface area (Å²) < 4.78 is 29.4. The second kappa shape index (κ2) is 55.2. The number of anilines is 2. The van der Waals surface area contributed by atoms with E-state index >= 15 is 0 Å². The van der Waals surface area contributed by atoms with Crippen LogP contribution in [0.15, 0.2) is 84.9 Å². The normalized spacial score (nSPS) is 18.4. The van der Waals surface area contributed by atoms with Gasteiger partial charge in [0.05, 0.1) is 73.5 Å². The molecule has 706 valence electrons. The molecule has 125 heavy (non-hydrogen) atoms. The van der Waals surface area contributed by atoms with E-state index in [-0.39, 0.29) is 170 Å². The topological polar surface area (TPSA) is 303 Å². The maximum atomic E-state index is 14.5. The van der Waals surface area contributed by atoms with E-state index in [0.29, 0.717) is 69.5 Å². The molecule has 25 heteroatoms. The number of nitrogens with two attached hydrogens (primary N) is 1. The molecule has 0 saturated carbocycles. The third-order valence-electron chi connectivity index (χ3n) is 26.8. The Morgan fingerprint density at radius 3 is 1.16 bits per heavy atom. The second-order valence-corrected chi connectivity index (χ2v) is 37.4. The minimum atomic E-state index is -0.797. The van der Waals surface area contributed by atoms with Crippen molar-refractivity contribution < 1.29 is 76.4 Å². The first-order chi connectivity index (χ1) is 58.6. The summed E-state index contributed by atoms with van der Waals surface area (Å²) in [6.45, 7) is 39.5. The summed E-state index contributed by atoms with van der Waals surface area (Å²) in [5.74, 6) is -5.12. The minimum Gasteiger partial charge on any atom is -0.444 e. The van der Waals surface area contributed by atoms with Gasteiger partial charge in [0.1, 0.15) is 11.6 Å². The molecule has 2 aliphatic heterocycles. The van der Waals surface area contributed by atoms with Crippen LogP contribution < -0.4 is 16.4 Å². The number of likely N-dealkylation sites (N-methyl/N-ethyl adjacent to an activating group) is 4. The van der Waals surface area contributed by atoms with E-state index in [9.17, 15) is 52.7 Å². The van der Waals surface area contributed by atoms with E-state index in [1.54, 1.807) is 88.4 Å². The highest BCUT2D eigenvalue weighted by molar-refractivity contribution is 5.97. The van der Waals surface area contributed by atoms with E-state index in [1.165, 1.54) is 0 Å². The van der Waals surface area contributed by atoms with Crippen LogP contribution in [0.25, 0.3) is 0 Å².